The summed E-state index contributed by atoms with van der Waals surface area (Å²) < 4.78 is 76.9. The van der Waals surface area contributed by atoms with Crippen molar-refractivity contribution in [3.63, 3.8) is 0 Å². The first-order chi connectivity index (χ1) is 18.1. The minimum Gasteiger partial charge on any atom is -0.475 e. The fraction of sp³-hybridized carbons (Fsp3) is 0.391. The van der Waals surface area contributed by atoms with E-state index in [1.165, 1.54) is 11.3 Å². The number of aryl methyl sites for hydroxylation is 1. The highest BCUT2D eigenvalue weighted by Crippen LogP contribution is 2.18. The predicted octanol–water partition coefficient (Wildman–Crippen LogP) is 4.05. The zero-order valence-electron chi connectivity index (χ0n) is 20.3. The fourth-order valence-corrected chi connectivity index (χ4v) is 3.24. The molecule has 214 valence electrons. The molecule has 0 aromatic carbocycles. The van der Waals surface area contributed by atoms with Crippen LogP contribution in [0.2, 0.25) is 0 Å². The Balaban J connectivity index is 0.000000317. The Bertz CT molecular complexity index is 1170. The highest BCUT2D eigenvalue weighted by atomic mass is 19.4. The molecule has 39 heavy (non-hydrogen) atoms. The second-order valence-electron chi connectivity index (χ2n) is 8.12. The summed E-state index contributed by atoms with van der Waals surface area (Å²) in [5.41, 5.74) is 4.36. The molecule has 0 saturated carbocycles. The van der Waals surface area contributed by atoms with Crippen LogP contribution >= 0.6 is 0 Å². The molecule has 0 spiro atoms. The maximum atomic E-state index is 10.6. The van der Waals surface area contributed by atoms with Crippen molar-refractivity contribution in [1.82, 2.24) is 19.7 Å². The van der Waals surface area contributed by atoms with Gasteiger partial charge in [-0.2, -0.15) is 31.4 Å². The van der Waals surface area contributed by atoms with Gasteiger partial charge in [0, 0.05) is 37.1 Å². The van der Waals surface area contributed by atoms with Gasteiger partial charge in [-0.3, -0.25) is 14.6 Å². The van der Waals surface area contributed by atoms with Crippen molar-refractivity contribution >= 4 is 11.9 Å². The molecular weight excluding hydrogens is 542 g/mol. The summed E-state index contributed by atoms with van der Waals surface area (Å²) >= 11 is 0. The van der Waals surface area contributed by atoms with Gasteiger partial charge in [-0.15, -0.1) is 0 Å². The van der Waals surface area contributed by atoms with Gasteiger partial charge in [-0.05, 0) is 31.2 Å². The number of pyridine rings is 1. The van der Waals surface area contributed by atoms with Crippen LogP contribution in [-0.4, -0.2) is 66.8 Å². The van der Waals surface area contributed by atoms with Gasteiger partial charge < -0.3 is 19.4 Å². The van der Waals surface area contributed by atoms with Gasteiger partial charge in [0.1, 0.15) is 0 Å². The van der Waals surface area contributed by atoms with E-state index in [1.807, 2.05) is 42.1 Å². The summed E-state index contributed by atoms with van der Waals surface area (Å²) in [6.45, 7) is 5.81. The summed E-state index contributed by atoms with van der Waals surface area (Å²) in [4.78, 5) is 24.7. The number of hydrogen-bond donors (Lipinski definition) is 2. The first-order valence-corrected chi connectivity index (χ1v) is 11.0. The minimum atomic E-state index is -5.08. The third kappa shape index (κ3) is 11.2. The van der Waals surface area contributed by atoms with Gasteiger partial charge in [-0.1, -0.05) is 6.07 Å². The molecular formula is C23H24F6N4O6. The normalized spacial score (nSPS) is 15.6. The third-order valence-electron chi connectivity index (χ3n) is 4.91. The van der Waals surface area contributed by atoms with Crippen molar-refractivity contribution < 1.29 is 55.3 Å². The molecule has 0 aliphatic carbocycles. The molecule has 0 bridgehead atoms. The lowest BCUT2D eigenvalue weighted by atomic mass is 10.2. The minimum absolute atomic E-state index is 0.0652. The van der Waals surface area contributed by atoms with Crippen LogP contribution in [0.1, 0.15) is 22.6 Å². The molecule has 2 N–H and O–H groups in total. The SMILES string of the molecule is Cc1cccc(COC2CN(Cc3ccoc3)Cc3ccnn3C2)n1.O=C(O)C(F)(F)F.O=C(O)C(F)(F)F. The lowest BCUT2D eigenvalue weighted by Crippen LogP contribution is -2.32. The van der Waals surface area contributed by atoms with E-state index in [9.17, 15) is 26.3 Å². The van der Waals surface area contributed by atoms with E-state index in [0.717, 1.165) is 37.6 Å². The maximum absolute atomic E-state index is 10.6. The largest absolute Gasteiger partial charge is 0.490 e. The van der Waals surface area contributed by atoms with Crippen LogP contribution in [0, 0.1) is 6.92 Å². The van der Waals surface area contributed by atoms with Crippen LogP contribution in [0.15, 0.2) is 53.5 Å². The number of rotatable bonds is 5. The van der Waals surface area contributed by atoms with E-state index < -0.39 is 24.3 Å². The molecule has 1 atom stereocenters. The number of halogens is 6. The van der Waals surface area contributed by atoms with E-state index in [-0.39, 0.29) is 6.10 Å². The smallest absolute Gasteiger partial charge is 0.475 e. The highest BCUT2D eigenvalue weighted by molar-refractivity contribution is 5.73. The van der Waals surface area contributed by atoms with E-state index in [2.05, 4.69) is 21.0 Å². The Morgan fingerprint density at radius 2 is 1.69 bits per heavy atom. The van der Waals surface area contributed by atoms with Crippen LogP contribution in [-0.2, 0) is 40.6 Å². The van der Waals surface area contributed by atoms with Crippen molar-refractivity contribution in [1.29, 1.82) is 0 Å². The van der Waals surface area contributed by atoms with Gasteiger partial charge in [0.25, 0.3) is 0 Å². The average molecular weight is 566 g/mol. The zero-order chi connectivity index (χ0) is 29.2. The van der Waals surface area contributed by atoms with Crippen molar-refractivity contribution in [3.8, 4) is 0 Å². The summed E-state index contributed by atoms with van der Waals surface area (Å²) in [5.74, 6) is -5.51. The Hall–Kier alpha value is -3.92. The highest BCUT2D eigenvalue weighted by Gasteiger charge is 2.38. The van der Waals surface area contributed by atoms with E-state index in [0.29, 0.717) is 6.61 Å². The first kappa shape index (κ1) is 31.3. The number of ether oxygens (including phenoxy) is 1. The fourth-order valence-electron chi connectivity index (χ4n) is 3.24. The van der Waals surface area contributed by atoms with E-state index >= 15 is 0 Å². The van der Waals surface area contributed by atoms with Crippen LogP contribution < -0.4 is 0 Å². The number of carboxylic acid groups (broad SMARTS) is 2. The van der Waals surface area contributed by atoms with Crippen molar-refractivity contribution in [2.24, 2.45) is 0 Å². The molecule has 4 rings (SSSR count). The van der Waals surface area contributed by atoms with Crippen molar-refractivity contribution in [2.45, 2.75) is 51.6 Å². The molecule has 4 heterocycles. The molecule has 3 aromatic rings. The Kier molecular flexibility index (Phi) is 11.0. The molecule has 16 heteroatoms. The standard InChI is InChI=1S/C19H22N4O2.2C2HF3O2/c1-15-3-2-4-17(21-15)14-25-19-11-22(9-16-6-8-24-13-16)10-18-5-7-20-23(18)12-19;2*3-2(4,5)1(6)7/h2-8,13,19H,9-12,14H2,1H3;2*(H,6,7). The monoisotopic (exact) mass is 566 g/mol. The summed E-state index contributed by atoms with van der Waals surface area (Å²) in [6, 6.07) is 10.1. The van der Waals surface area contributed by atoms with E-state index in [4.69, 9.17) is 29.0 Å². The first-order valence-electron chi connectivity index (χ1n) is 11.0. The van der Waals surface area contributed by atoms with Gasteiger partial charge in [0.15, 0.2) is 0 Å². The lowest BCUT2D eigenvalue weighted by Gasteiger charge is -2.23. The van der Waals surface area contributed by atoms with Crippen LogP contribution in [0.3, 0.4) is 0 Å². The summed E-state index contributed by atoms with van der Waals surface area (Å²) in [5, 5.41) is 18.7. The average Bonchev–Trinajstić information content (AvgIpc) is 3.46. The number of alkyl halides is 6. The van der Waals surface area contributed by atoms with Crippen LogP contribution in [0.4, 0.5) is 26.3 Å². The third-order valence-corrected chi connectivity index (χ3v) is 4.91. The molecule has 3 aromatic heterocycles. The number of nitrogens with zero attached hydrogens (tertiary/aromatic N) is 4. The van der Waals surface area contributed by atoms with Crippen LogP contribution in [0.5, 0.6) is 0 Å². The van der Waals surface area contributed by atoms with Crippen LogP contribution in [0.25, 0.3) is 0 Å². The lowest BCUT2D eigenvalue weighted by molar-refractivity contribution is -0.193. The van der Waals surface area contributed by atoms with Crippen molar-refractivity contribution in [2.75, 3.05) is 6.54 Å². The number of hydrogen-bond acceptors (Lipinski definition) is 7. The molecule has 0 amide bonds. The molecule has 1 aliphatic heterocycles. The molecule has 10 nitrogen and oxygen atoms in total. The molecule has 0 fully saturated rings. The molecule has 0 radical (unpaired) electrons. The topological polar surface area (TPSA) is 131 Å². The number of carboxylic acids is 2. The number of aliphatic carboxylic acids is 2. The molecule has 1 unspecified atom stereocenters. The van der Waals surface area contributed by atoms with E-state index in [1.54, 1.807) is 12.5 Å². The number of furan rings is 1. The number of fused-ring (bicyclic) bond motifs is 1. The quantitative estimate of drug-likeness (QED) is 0.439. The second-order valence-corrected chi connectivity index (χ2v) is 8.12. The summed E-state index contributed by atoms with van der Waals surface area (Å²) in [7, 11) is 0. The van der Waals surface area contributed by atoms with Gasteiger partial charge in [0.2, 0.25) is 0 Å². The van der Waals surface area contributed by atoms with Gasteiger partial charge >= 0.3 is 24.3 Å². The summed E-state index contributed by atoms with van der Waals surface area (Å²) in [6.07, 6.45) is -4.73. The second kappa shape index (κ2) is 13.7. The Morgan fingerprint density at radius 3 is 2.23 bits per heavy atom. The molecule has 0 saturated heterocycles. The molecule has 1 aliphatic rings. The Labute approximate surface area is 217 Å². The number of carbonyl (C=O) groups is 2. The zero-order valence-corrected chi connectivity index (χ0v) is 20.3. The van der Waals surface area contributed by atoms with Gasteiger partial charge in [0.05, 0.1) is 43.2 Å². The predicted molar refractivity (Wildman–Crippen MR) is 120 cm³/mol. The maximum Gasteiger partial charge on any atom is 0.490 e. The van der Waals surface area contributed by atoms with Gasteiger partial charge in [-0.25, -0.2) is 9.59 Å². The van der Waals surface area contributed by atoms with Crippen molar-refractivity contribution in [3.05, 3.63) is 71.7 Å². The Morgan fingerprint density at radius 1 is 1.05 bits per heavy atom. The number of aromatic nitrogens is 3.